The highest BCUT2D eigenvalue weighted by Crippen LogP contribution is 2.22. The highest BCUT2D eigenvalue weighted by molar-refractivity contribution is 5.64. The highest BCUT2D eigenvalue weighted by atomic mass is 16.5. The lowest BCUT2D eigenvalue weighted by Crippen LogP contribution is -2.22. The molecule has 25 heavy (non-hydrogen) atoms. The van der Waals surface area contributed by atoms with Crippen LogP contribution in [0.15, 0.2) is 36.4 Å². The second kappa shape index (κ2) is 8.78. The lowest BCUT2D eigenvalue weighted by molar-refractivity contribution is 0.120. The van der Waals surface area contributed by atoms with Crippen molar-refractivity contribution in [1.82, 2.24) is 14.9 Å². The summed E-state index contributed by atoms with van der Waals surface area (Å²) in [7, 11) is 4.11. The summed E-state index contributed by atoms with van der Waals surface area (Å²) in [5.41, 5.74) is 2.00. The molecule has 0 amide bonds. The van der Waals surface area contributed by atoms with Crippen LogP contribution in [-0.2, 0) is 4.74 Å². The third-order valence-corrected chi connectivity index (χ3v) is 4.17. The summed E-state index contributed by atoms with van der Waals surface area (Å²) >= 11 is 0. The molecule has 6 nitrogen and oxygen atoms in total. The number of hydrogen-bond donors (Lipinski definition) is 2. The summed E-state index contributed by atoms with van der Waals surface area (Å²) in [6.45, 7) is 3.37. The van der Waals surface area contributed by atoms with E-state index in [1.165, 1.54) is 0 Å². The van der Waals surface area contributed by atoms with Gasteiger partial charge in [-0.1, -0.05) is 30.3 Å². The van der Waals surface area contributed by atoms with Gasteiger partial charge >= 0.3 is 0 Å². The van der Waals surface area contributed by atoms with Crippen molar-refractivity contribution in [2.45, 2.75) is 18.9 Å². The van der Waals surface area contributed by atoms with Gasteiger partial charge in [0.2, 0.25) is 5.95 Å². The molecule has 0 saturated carbocycles. The van der Waals surface area contributed by atoms with Crippen LogP contribution in [0.3, 0.4) is 0 Å². The molecule has 0 unspecified atom stereocenters. The summed E-state index contributed by atoms with van der Waals surface area (Å²) in [4.78, 5) is 11.4. The number of nitrogens with zero attached hydrogens (tertiary/aromatic N) is 3. The van der Waals surface area contributed by atoms with E-state index in [1.54, 1.807) is 0 Å². The Morgan fingerprint density at radius 2 is 2.00 bits per heavy atom. The largest absolute Gasteiger partial charge is 0.376 e. The Morgan fingerprint density at radius 1 is 1.16 bits per heavy atom. The molecule has 1 aromatic heterocycles. The summed E-state index contributed by atoms with van der Waals surface area (Å²) in [6.07, 6.45) is 2.53. The van der Waals surface area contributed by atoms with E-state index in [9.17, 15) is 0 Å². The summed E-state index contributed by atoms with van der Waals surface area (Å²) in [5, 5.41) is 6.73. The SMILES string of the molecule is CN(C)CCNc1nc(NC[C@H]2CCCO2)cc(-c2ccccc2)n1. The van der Waals surface area contributed by atoms with Crippen molar-refractivity contribution in [1.29, 1.82) is 0 Å². The molecule has 2 heterocycles. The predicted octanol–water partition coefficient (Wildman–Crippen LogP) is 2.71. The standard InChI is InChI=1S/C19H27N5O/c1-24(2)11-10-20-19-22-17(15-7-4-3-5-8-15)13-18(23-19)21-14-16-9-6-12-25-16/h3-5,7-8,13,16H,6,9-12,14H2,1-2H3,(H2,20,21,22,23)/t16-/m1/s1. The Kier molecular flexibility index (Phi) is 6.19. The van der Waals surface area contributed by atoms with Crippen LogP contribution in [0.2, 0.25) is 0 Å². The van der Waals surface area contributed by atoms with Gasteiger partial charge in [0.05, 0.1) is 11.8 Å². The van der Waals surface area contributed by atoms with Crippen LogP contribution >= 0.6 is 0 Å². The van der Waals surface area contributed by atoms with Crippen LogP contribution in [0.4, 0.5) is 11.8 Å². The molecule has 1 aliphatic heterocycles. The van der Waals surface area contributed by atoms with E-state index < -0.39 is 0 Å². The molecule has 2 aromatic rings. The first-order valence-corrected chi connectivity index (χ1v) is 8.89. The summed E-state index contributed by atoms with van der Waals surface area (Å²) in [5.74, 6) is 1.48. The van der Waals surface area contributed by atoms with Gasteiger partial charge in [0, 0.05) is 37.9 Å². The molecule has 0 bridgehead atoms. The van der Waals surface area contributed by atoms with Gasteiger partial charge in [0.1, 0.15) is 5.82 Å². The summed E-state index contributed by atoms with van der Waals surface area (Å²) in [6, 6.07) is 12.2. The van der Waals surface area contributed by atoms with Crippen LogP contribution in [0.5, 0.6) is 0 Å². The van der Waals surface area contributed by atoms with Crippen molar-refractivity contribution >= 4 is 11.8 Å². The molecule has 1 saturated heterocycles. The van der Waals surface area contributed by atoms with Gasteiger partial charge in [-0.2, -0.15) is 4.98 Å². The first-order chi connectivity index (χ1) is 12.2. The predicted molar refractivity (Wildman–Crippen MR) is 102 cm³/mol. The van der Waals surface area contributed by atoms with Crippen LogP contribution in [0, 0.1) is 0 Å². The molecule has 0 aliphatic carbocycles. The first kappa shape index (κ1) is 17.6. The molecule has 134 valence electrons. The number of nitrogens with one attached hydrogen (secondary N) is 2. The molecular formula is C19H27N5O. The van der Waals surface area contributed by atoms with Crippen molar-refractivity contribution in [2.75, 3.05) is 51.0 Å². The average molecular weight is 341 g/mol. The lowest BCUT2D eigenvalue weighted by atomic mass is 10.1. The van der Waals surface area contributed by atoms with Crippen molar-refractivity contribution in [3.63, 3.8) is 0 Å². The van der Waals surface area contributed by atoms with E-state index in [4.69, 9.17) is 4.74 Å². The number of ether oxygens (including phenoxy) is 1. The zero-order valence-corrected chi connectivity index (χ0v) is 15.0. The minimum absolute atomic E-state index is 0.278. The van der Waals surface area contributed by atoms with E-state index in [0.29, 0.717) is 5.95 Å². The van der Waals surface area contributed by atoms with Gasteiger partial charge in [0.15, 0.2) is 0 Å². The third-order valence-electron chi connectivity index (χ3n) is 4.17. The number of aromatic nitrogens is 2. The van der Waals surface area contributed by atoms with Crippen molar-refractivity contribution in [2.24, 2.45) is 0 Å². The summed E-state index contributed by atoms with van der Waals surface area (Å²) < 4.78 is 5.68. The van der Waals surface area contributed by atoms with Crippen LogP contribution in [0.25, 0.3) is 11.3 Å². The van der Waals surface area contributed by atoms with Gasteiger partial charge < -0.3 is 20.3 Å². The van der Waals surface area contributed by atoms with E-state index in [-0.39, 0.29) is 6.10 Å². The second-order valence-corrected chi connectivity index (χ2v) is 6.57. The number of anilines is 2. The van der Waals surface area contributed by atoms with Gasteiger partial charge in [-0.3, -0.25) is 0 Å². The Labute approximate surface area is 149 Å². The molecule has 3 rings (SSSR count). The van der Waals surface area contributed by atoms with Gasteiger partial charge in [-0.15, -0.1) is 0 Å². The fraction of sp³-hybridized carbons (Fsp3) is 0.474. The maximum atomic E-state index is 5.68. The van der Waals surface area contributed by atoms with E-state index in [1.807, 2.05) is 24.3 Å². The normalized spacial score (nSPS) is 17.0. The number of hydrogen-bond acceptors (Lipinski definition) is 6. The second-order valence-electron chi connectivity index (χ2n) is 6.57. The minimum Gasteiger partial charge on any atom is -0.376 e. The monoisotopic (exact) mass is 341 g/mol. The molecule has 1 atom stereocenters. The maximum Gasteiger partial charge on any atom is 0.225 e. The van der Waals surface area contributed by atoms with Gasteiger partial charge in [-0.05, 0) is 26.9 Å². The van der Waals surface area contributed by atoms with Gasteiger partial charge in [-0.25, -0.2) is 4.98 Å². The van der Waals surface area contributed by atoms with Crippen molar-refractivity contribution in [3.8, 4) is 11.3 Å². The van der Waals surface area contributed by atoms with Crippen LogP contribution < -0.4 is 10.6 Å². The average Bonchev–Trinajstić information content (AvgIpc) is 3.14. The van der Waals surface area contributed by atoms with E-state index in [0.717, 1.165) is 56.2 Å². The zero-order valence-electron chi connectivity index (χ0n) is 15.0. The molecule has 6 heteroatoms. The van der Waals surface area contributed by atoms with Gasteiger partial charge in [0.25, 0.3) is 0 Å². The maximum absolute atomic E-state index is 5.68. The Hall–Kier alpha value is -2.18. The molecule has 0 radical (unpaired) electrons. The Balaban J connectivity index is 1.75. The van der Waals surface area contributed by atoms with E-state index >= 15 is 0 Å². The lowest BCUT2D eigenvalue weighted by Gasteiger charge is -2.15. The van der Waals surface area contributed by atoms with E-state index in [2.05, 4.69) is 51.7 Å². The highest BCUT2D eigenvalue weighted by Gasteiger charge is 2.15. The number of likely N-dealkylation sites (N-methyl/N-ethyl adjacent to an activating group) is 1. The smallest absolute Gasteiger partial charge is 0.225 e. The Bertz CT molecular complexity index is 656. The van der Waals surface area contributed by atoms with Crippen LogP contribution in [-0.4, -0.2) is 61.3 Å². The molecule has 2 N–H and O–H groups in total. The quantitative estimate of drug-likeness (QED) is 0.770. The number of benzene rings is 1. The van der Waals surface area contributed by atoms with Crippen molar-refractivity contribution in [3.05, 3.63) is 36.4 Å². The fourth-order valence-corrected chi connectivity index (χ4v) is 2.79. The number of rotatable bonds is 8. The molecule has 0 spiro atoms. The van der Waals surface area contributed by atoms with Crippen molar-refractivity contribution < 1.29 is 4.74 Å². The first-order valence-electron chi connectivity index (χ1n) is 8.89. The topological polar surface area (TPSA) is 62.3 Å². The zero-order chi connectivity index (χ0) is 17.5. The molecule has 1 aliphatic rings. The molecular weight excluding hydrogens is 314 g/mol. The third kappa shape index (κ3) is 5.41. The Morgan fingerprint density at radius 3 is 2.72 bits per heavy atom. The molecule has 1 fully saturated rings. The minimum atomic E-state index is 0.278. The van der Waals surface area contributed by atoms with Crippen LogP contribution in [0.1, 0.15) is 12.8 Å². The molecule has 1 aromatic carbocycles. The fourth-order valence-electron chi connectivity index (χ4n) is 2.79.